The Balaban J connectivity index is 1.47. The van der Waals surface area contributed by atoms with Crippen molar-refractivity contribution in [3.05, 3.63) is 53.8 Å². The largest absolute Gasteiger partial charge is 0.493 e. The predicted octanol–water partition coefficient (Wildman–Crippen LogP) is 3.46. The van der Waals surface area contributed by atoms with Crippen LogP contribution in [0.2, 0.25) is 0 Å². The van der Waals surface area contributed by atoms with Gasteiger partial charge in [0.2, 0.25) is 6.79 Å². The van der Waals surface area contributed by atoms with Crippen LogP contribution in [0.5, 0.6) is 17.2 Å². The van der Waals surface area contributed by atoms with Crippen molar-refractivity contribution in [2.24, 2.45) is 5.73 Å². The summed E-state index contributed by atoms with van der Waals surface area (Å²) < 4.78 is 29.3. The first-order valence-corrected chi connectivity index (χ1v) is 7.74. The minimum atomic E-state index is -0.226. The standard InChI is InChI=1S/C18H20FNO3/c19-15-5-3-13(4-6-15)14(11-20)2-1-9-21-16-7-8-17-18(10-16)23-12-22-17/h3-8,10,14H,1-2,9,11-12,20H2. The summed E-state index contributed by atoms with van der Waals surface area (Å²) in [6.07, 6.45) is 1.76. The topological polar surface area (TPSA) is 53.7 Å². The van der Waals surface area contributed by atoms with Crippen LogP contribution in [0.25, 0.3) is 0 Å². The van der Waals surface area contributed by atoms with Gasteiger partial charge in [-0.25, -0.2) is 4.39 Å². The van der Waals surface area contributed by atoms with Crippen molar-refractivity contribution in [1.82, 2.24) is 0 Å². The number of rotatable bonds is 7. The van der Waals surface area contributed by atoms with Crippen LogP contribution in [0, 0.1) is 5.82 Å². The molecule has 0 aliphatic carbocycles. The first kappa shape index (κ1) is 15.6. The lowest BCUT2D eigenvalue weighted by Crippen LogP contribution is -2.13. The Hall–Kier alpha value is -2.27. The first-order valence-electron chi connectivity index (χ1n) is 7.74. The molecule has 0 saturated heterocycles. The fourth-order valence-electron chi connectivity index (χ4n) is 2.64. The summed E-state index contributed by atoms with van der Waals surface area (Å²) in [5, 5.41) is 0. The summed E-state index contributed by atoms with van der Waals surface area (Å²) in [4.78, 5) is 0. The first-order chi connectivity index (χ1) is 11.3. The molecule has 1 heterocycles. The molecule has 0 saturated carbocycles. The molecule has 1 aliphatic rings. The summed E-state index contributed by atoms with van der Waals surface area (Å²) in [5.74, 6) is 2.22. The van der Waals surface area contributed by atoms with Crippen molar-refractivity contribution in [1.29, 1.82) is 0 Å². The van der Waals surface area contributed by atoms with Gasteiger partial charge in [-0.1, -0.05) is 12.1 Å². The van der Waals surface area contributed by atoms with Gasteiger partial charge in [0, 0.05) is 6.07 Å². The second kappa shape index (κ2) is 7.33. The van der Waals surface area contributed by atoms with Gasteiger partial charge in [0.15, 0.2) is 11.5 Å². The molecule has 0 aromatic heterocycles. The summed E-state index contributed by atoms with van der Waals surface area (Å²) >= 11 is 0. The normalized spacial score (nSPS) is 13.8. The van der Waals surface area contributed by atoms with Crippen LogP contribution in [0.3, 0.4) is 0 Å². The number of nitrogens with two attached hydrogens (primary N) is 1. The number of fused-ring (bicyclic) bond motifs is 1. The Morgan fingerprint density at radius 2 is 1.87 bits per heavy atom. The zero-order chi connectivity index (χ0) is 16.1. The zero-order valence-electron chi connectivity index (χ0n) is 12.8. The van der Waals surface area contributed by atoms with Gasteiger partial charge < -0.3 is 19.9 Å². The molecule has 0 spiro atoms. The smallest absolute Gasteiger partial charge is 0.231 e. The van der Waals surface area contributed by atoms with E-state index in [1.807, 2.05) is 18.2 Å². The summed E-state index contributed by atoms with van der Waals surface area (Å²) in [7, 11) is 0. The van der Waals surface area contributed by atoms with E-state index in [4.69, 9.17) is 19.9 Å². The monoisotopic (exact) mass is 317 g/mol. The van der Waals surface area contributed by atoms with Crippen molar-refractivity contribution >= 4 is 0 Å². The highest BCUT2D eigenvalue weighted by Crippen LogP contribution is 2.35. The van der Waals surface area contributed by atoms with E-state index in [2.05, 4.69) is 0 Å². The molecule has 0 fully saturated rings. The number of benzene rings is 2. The predicted molar refractivity (Wildman–Crippen MR) is 85.5 cm³/mol. The summed E-state index contributed by atoms with van der Waals surface area (Å²) in [5.41, 5.74) is 6.90. The maximum Gasteiger partial charge on any atom is 0.231 e. The van der Waals surface area contributed by atoms with E-state index in [-0.39, 0.29) is 18.5 Å². The Labute approximate surface area is 135 Å². The van der Waals surface area contributed by atoms with Crippen molar-refractivity contribution in [3.63, 3.8) is 0 Å². The van der Waals surface area contributed by atoms with Gasteiger partial charge in [-0.05, 0) is 55.1 Å². The highest BCUT2D eigenvalue weighted by Gasteiger charge is 2.14. The van der Waals surface area contributed by atoms with Crippen LogP contribution < -0.4 is 19.9 Å². The molecule has 0 radical (unpaired) electrons. The van der Waals surface area contributed by atoms with Gasteiger partial charge in [0.25, 0.3) is 0 Å². The van der Waals surface area contributed by atoms with Crippen LogP contribution in [0.15, 0.2) is 42.5 Å². The van der Waals surface area contributed by atoms with Gasteiger partial charge in [-0.2, -0.15) is 0 Å². The molecule has 0 amide bonds. The number of hydrogen-bond donors (Lipinski definition) is 1. The number of hydrogen-bond acceptors (Lipinski definition) is 4. The molecular formula is C18H20FNO3. The van der Waals surface area contributed by atoms with Crippen LogP contribution >= 0.6 is 0 Å². The van der Waals surface area contributed by atoms with Gasteiger partial charge >= 0.3 is 0 Å². The lowest BCUT2D eigenvalue weighted by Gasteiger charge is -2.15. The lowest BCUT2D eigenvalue weighted by molar-refractivity contribution is 0.173. The minimum Gasteiger partial charge on any atom is -0.493 e. The zero-order valence-corrected chi connectivity index (χ0v) is 12.8. The van der Waals surface area contributed by atoms with E-state index in [1.54, 1.807) is 12.1 Å². The minimum absolute atomic E-state index is 0.218. The fourth-order valence-corrected chi connectivity index (χ4v) is 2.64. The second-order valence-corrected chi connectivity index (χ2v) is 5.49. The van der Waals surface area contributed by atoms with Crippen molar-refractivity contribution in [3.8, 4) is 17.2 Å². The Morgan fingerprint density at radius 3 is 2.65 bits per heavy atom. The van der Waals surface area contributed by atoms with Gasteiger partial charge in [-0.15, -0.1) is 0 Å². The molecule has 122 valence electrons. The van der Waals surface area contributed by atoms with Crippen molar-refractivity contribution < 1.29 is 18.6 Å². The lowest BCUT2D eigenvalue weighted by atomic mass is 9.94. The third-order valence-electron chi connectivity index (χ3n) is 3.94. The quantitative estimate of drug-likeness (QED) is 0.795. The average molecular weight is 317 g/mol. The average Bonchev–Trinajstić information content (AvgIpc) is 3.04. The molecule has 1 aliphatic heterocycles. The van der Waals surface area contributed by atoms with E-state index in [0.29, 0.717) is 18.9 Å². The Bertz CT molecular complexity index is 645. The molecule has 2 N–H and O–H groups in total. The number of halogens is 1. The van der Waals surface area contributed by atoms with Crippen molar-refractivity contribution in [2.45, 2.75) is 18.8 Å². The highest BCUT2D eigenvalue weighted by molar-refractivity contribution is 5.46. The maximum atomic E-state index is 13.0. The van der Waals surface area contributed by atoms with Crippen LogP contribution in [0.1, 0.15) is 24.3 Å². The Morgan fingerprint density at radius 1 is 1.09 bits per heavy atom. The summed E-state index contributed by atoms with van der Waals surface area (Å²) in [6, 6.07) is 12.1. The second-order valence-electron chi connectivity index (χ2n) is 5.49. The van der Waals surface area contributed by atoms with Gasteiger partial charge in [0.1, 0.15) is 11.6 Å². The highest BCUT2D eigenvalue weighted by atomic mass is 19.1. The maximum absolute atomic E-state index is 13.0. The molecule has 5 heteroatoms. The van der Waals surface area contributed by atoms with Gasteiger partial charge in [-0.3, -0.25) is 0 Å². The molecular weight excluding hydrogens is 297 g/mol. The van der Waals surface area contributed by atoms with E-state index in [9.17, 15) is 4.39 Å². The van der Waals surface area contributed by atoms with E-state index < -0.39 is 0 Å². The van der Waals surface area contributed by atoms with Crippen molar-refractivity contribution in [2.75, 3.05) is 19.9 Å². The fraction of sp³-hybridized carbons (Fsp3) is 0.333. The third kappa shape index (κ3) is 3.93. The van der Waals surface area contributed by atoms with E-state index in [0.717, 1.165) is 29.9 Å². The number of ether oxygens (including phenoxy) is 3. The SMILES string of the molecule is NCC(CCCOc1ccc2c(c1)OCO2)c1ccc(F)cc1. The molecule has 2 aromatic carbocycles. The molecule has 1 unspecified atom stereocenters. The Kier molecular flexibility index (Phi) is 4.98. The van der Waals surface area contributed by atoms with E-state index >= 15 is 0 Å². The molecule has 0 bridgehead atoms. The molecule has 3 rings (SSSR count). The van der Waals surface area contributed by atoms with Crippen LogP contribution in [-0.4, -0.2) is 19.9 Å². The van der Waals surface area contributed by atoms with E-state index in [1.165, 1.54) is 12.1 Å². The van der Waals surface area contributed by atoms with Gasteiger partial charge in [0.05, 0.1) is 6.61 Å². The molecule has 2 aromatic rings. The molecule has 23 heavy (non-hydrogen) atoms. The molecule has 1 atom stereocenters. The van der Waals surface area contributed by atoms with Crippen LogP contribution in [-0.2, 0) is 0 Å². The van der Waals surface area contributed by atoms with Crippen LogP contribution in [0.4, 0.5) is 4.39 Å². The molecule has 4 nitrogen and oxygen atoms in total. The third-order valence-corrected chi connectivity index (χ3v) is 3.94. The summed E-state index contributed by atoms with van der Waals surface area (Å²) in [6.45, 7) is 1.39.